The van der Waals surface area contributed by atoms with Gasteiger partial charge in [0.05, 0.1) is 18.4 Å². The van der Waals surface area contributed by atoms with Crippen LogP contribution in [0.5, 0.6) is 11.5 Å². The van der Waals surface area contributed by atoms with Gasteiger partial charge in [-0.05, 0) is 48.5 Å². The van der Waals surface area contributed by atoms with Gasteiger partial charge in [-0.2, -0.15) is 0 Å². The molecule has 0 aliphatic carbocycles. The van der Waals surface area contributed by atoms with Crippen LogP contribution >= 0.6 is 0 Å². The number of hydrogen-bond donors (Lipinski definition) is 1. The van der Waals surface area contributed by atoms with Crippen LogP contribution in [0.3, 0.4) is 0 Å². The number of rotatable bonds is 6. The Balaban J connectivity index is 1.38. The van der Waals surface area contributed by atoms with Gasteiger partial charge in [0, 0.05) is 5.56 Å². The summed E-state index contributed by atoms with van der Waals surface area (Å²) in [5.41, 5.74) is 2.14. The molecule has 1 amide bonds. The molecule has 0 fully saturated rings. The number of amides is 1. The highest BCUT2D eigenvalue weighted by Gasteiger charge is 2.07. The lowest BCUT2D eigenvalue weighted by Crippen LogP contribution is -2.22. The van der Waals surface area contributed by atoms with Crippen molar-refractivity contribution in [1.29, 1.82) is 0 Å². The van der Waals surface area contributed by atoms with Crippen LogP contribution in [0, 0.1) is 0 Å². The number of nitrogens with zero attached hydrogens (tertiary/aromatic N) is 3. The molecule has 3 aromatic carbocycles. The molecule has 1 N–H and O–H groups in total. The van der Waals surface area contributed by atoms with Crippen molar-refractivity contribution in [3.05, 3.63) is 102 Å². The summed E-state index contributed by atoms with van der Waals surface area (Å²) < 4.78 is 7.45. The van der Waals surface area contributed by atoms with Crippen LogP contribution in [-0.4, -0.2) is 20.9 Å². The minimum Gasteiger partial charge on any atom is -0.457 e. The molecule has 138 valence electrons. The summed E-state index contributed by atoms with van der Waals surface area (Å²) in [7, 11) is 0. The second-order valence-corrected chi connectivity index (χ2v) is 6.11. The van der Waals surface area contributed by atoms with E-state index < -0.39 is 0 Å². The van der Waals surface area contributed by atoms with Gasteiger partial charge in [-0.1, -0.05) is 41.6 Å². The smallest absolute Gasteiger partial charge is 0.251 e. The Hall–Kier alpha value is -3.93. The van der Waals surface area contributed by atoms with Crippen LogP contribution in [0.25, 0.3) is 5.69 Å². The van der Waals surface area contributed by atoms with Crippen LogP contribution in [0.2, 0.25) is 0 Å². The van der Waals surface area contributed by atoms with E-state index in [-0.39, 0.29) is 5.91 Å². The van der Waals surface area contributed by atoms with E-state index >= 15 is 0 Å². The summed E-state index contributed by atoms with van der Waals surface area (Å²) in [6.07, 6.45) is 1.79. The van der Waals surface area contributed by atoms with E-state index in [4.69, 9.17) is 4.74 Å². The van der Waals surface area contributed by atoms with E-state index in [1.54, 1.807) is 23.0 Å². The molecule has 0 bridgehead atoms. The summed E-state index contributed by atoms with van der Waals surface area (Å²) in [6, 6.07) is 26.2. The molecule has 1 heterocycles. The lowest BCUT2D eigenvalue weighted by atomic mass is 10.2. The van der Waals surface area contributed by atoms with Gasteiger partial charge in [0.15, 0.2) is 0 Å². The lowest BCUT2D eigenvalue weighted by Gasteiger charge is -2.06. The van der Waals surface area contributed by atoms with E-state index in [0.717, 1.165) is 17.2 Å². The van der Waals surface area contributed by atoms with Gasteiger partial charge in [0.1, 0.15) is 17.2 Å². The van der Waals surface area contributed by atoms with E-state index in [9.17, 15) is 4.79 Å². The predicted molar refractivity (Wildman–Crippen MR) is 105 cm³/mol. The summed E-state index contributed by atoms with van der Waals surface area (Å²) in [4.78, 5) is 12.1. The minimum absolute atomic E-state index is 0.141. The van der Waals surface area contributed by atoms with Crippen LogP contribution in [-0.2, 0) is 6.54 Å². The molecular formula is C22H18N4O2. The van der Waals surface area contributed by atoms with Gasteiger partial charge in [0.25, 0.3) is 5.91 Å². The van der Waals surface area contributed by atoms with Crippen molar-refractivity contribution < 1.29 is 9.53 Å². The summed E-state index contributed by atoms with van der Waals surface area (Å²) in [6.45, 7) is 0.308. The fraction of sp³-hybridized carbons (Fsp3) is 0.0455. The molecular weight excluding hydrogens is 352 g/mol. The number of aromatic nitrogens is 3. The first-order valence-corrected chi connectivity index (χ1v) is 8.86. The highest BCUT2D eigenvalue weighted by atomic mass is 16.5. The number of nitrogens with one attached hydrogen (secondary N) is 1. The third kappa shape index (κ3) is 4.24. The Morgan fingerprint density at radius 2 is 1.50 bits per heavy atom. The Kier molecular flexibility index (Phi) is 5.11. The molecule has 0 spiro atoms. The predicted octanol–water partition coefficient (Wildman–Crippen LogP) is 3.99. The highest BCUT2D eigenvalue weighted by molar-refractivity contribution is 5.94. The summed E-state index contributed by atoms with van der Waals surface area (Å²) >= 11 is 0. The van der Waals surface area contributed by atoms with Gasteiger partial charge in [-0.25, -0.2) is 4.68 Å². The van der Waals surface area contributed by atoms with E-state index in [2.05, 4.69) is 15.6 Å². The van der Waals surface area contributed by atoms with E-state index in [1.165, 1.54) is 0 Å². The summed E-state index contributed by atoms with van der Waals surface area (Å²) in [5, 5.41) is 11.1. The molecule has 1 aromatic heterocycles. The largest absolute Gasteiger partial charge is 0.457 e. The van der Waals surface area contributed by atoms with Crippen LogP contribution < -0.4 is 10.1 Å². The molecule has 0 atom stereocenters. The van der Waals surface area contributed by atoms with Crippen molar-refractivity contribution >= 4 is 5.91 Å². The molecule has 6 nitrogen and oxygen atoms in total. The molecule has 0 saturated carbocycles. The Morgan fingerprint density at radius 3 is 2.21 bits per heavy atom. The molecule has 4 aromatic rings. The Morgan fingerprint density at radius 1 is 0.857 bits per heavy atom. The highest BCUT2D eigenvalue weighted by Crippen LogP contribution is 2.22. The van der Waals surface area contributed by atoms with Gasteiger partial charge in [-0.15, -0.1) is 5.10 Å². The van der Waals surface area contributed by atoms with Crippen molar-refractivity contribution in [1.82, 2.24) is 20.3 Å². The quantitative estimate of drug-likeness (QED) is 0.557. The maximum atomic E-state index is 12.1. The number of para-hydroxylation sites is 1. The number of carbonyl (C=O) groups is 1. The Bertz CT molecular complexity index is 1040. The van der Waals surface area contributed by atoms with Crippen molar-refractivity contribution in [3.63, 3.8) is 0 Å². The third-order valence-corrected chi connectivity index (χ3v) is 4.09. The average molecular weight is 370 g/mol. The minimum atomic E-state index is -0.141. The molecule has 6 heteroatoms. The molecule has 0 radical (unpaired) electrons. The maximum absolute atomic E-state index is 12.1. The van der Waals surface area contributed by atoms with Gasteiger partial charge in [-0.3, -0.25) is 4.79 Å². The number of ether oxygens (including phenoxy) is 1. The van der Waals surface area contributed by atoms with Crippen molar-refractivity contribution in [2.75, 3.05) is 0 Å². The zero-order valence-corrected chi connectivity index (χ0v) is 15.0. The first-order chi connectivity index (χ1) is 13.8. The van der Waals surface area contributed by atoms with Crippen LogP contribution in [0.1, 0.15) is 16.1 Å². The standard InChI is InChI=1S/C22H18N4O2/c27-22(17-7-3-1-4-8-17)23-15-18-16-26(25-24-18)19-11-13-21(14-12-19)28-20-9-5-2-6-10-20/h1-14,16H,15H2,(H,23,27). The second-order valence-electron chi connectivity index (χ2n) is 6.11. The summed E-state index contributed by atoms with van der Waals surface area (Å²) in [5.74, 6) is 1.38. The molecule has 0 saturated heterocycles. The normalized spacial score (nSPS) is 10.4. The molecule has 0 aliphatic rings. The van der Waals surface area contributed by atoms with Crippen molar-refractivity contribution in [2.24, 2.45) is 0 Å². The fourth-order valence-corrected chi connectivity index (χ4v) is 2.66. The zero-order valence-electron chi connectivity index (χ0n) is 15.0. The van der Waals surface area contributed by atoms with Gasteiger partial charge < -0.3 is 10.1 Å². The van der Waals surface area contributed by atoms with Gasteiger partial charge in [0.2, 0.25) is 0 Å². The first kappa shape index (κ1) is 17.5. The molecule has 4 rings (SSSR count). The topological polar surface area (TPSA) is 69.0 Å². The van der Waals surface area contributed by atoms with Crippen molar-refractivity contribution in [2.45, 2.75) is 6.54 Å². The molecule has 0 aliphatic heterocycles. The molecule has 0 unspecified atom stereocenters. The number of hydrogen-bond acceptors (Lipinski definition) is 4. The first-order valence-electron chi connectivity index (χ1n) is 8.86. The monoisotopic (exact) mass is 370 g/mol. The zero-order chi connectivity index (χ0) is 19.2. The second kappa shape index (κ2) is 8.18. The number of carbonyl (C=O) groups excluding carboxylic acids is 1. The number of benzene rings is 3. The maximum Gasteiger partial charge on any atom is 0.251 e. The van der Waals surface area contributed by atoms with Gasteiger partial charge >= 0.3 is 0 Å². The third-order valence-electron chi connectivity index (χ3n) is 4.09. The fourth-order valence-electron chi connectivity index (χ4n) is 2.66. The lowest BCUT2D eigenvalue weighted by molar-refractivity contribution is 0.0950. The SMILES string of the molecule is O=C(NCc1cn(-c2ccc(Oc3ccccc3)cc2)nn1)c1ccccc1. The van der Waals surface area contributed by atoms with Crippen LogP contribution in [0.15, 0.2) is 91.1 Å². The van der Waals surface area contributed by atoms with Crippen molar-refractivity contribution in [3.8, 4) is 17.2 Å². The molecule has 28 heavy (non-hydrogen) atoms. The van der Waals surface area contributed by atoms with Crippen LogP contribution in [0.4, 0.5) is 0 Å². The Labute approximate surface area is 162 Å². The average Bonchev–Trinajstić information content (AvgIpc) is 3.23. The van der Waals surface area contributed by atoms with E-state index in [1.807, 2.05) is 72.8 Å². The van der Waals surface area contributed by atoms with E-state index in [0.29, 0.717) is 17.8 Å².